The normalized spacial score (nSPS) is 11.1. The number of hydrazone groups is 1. The third kappa shape index (κ3) is 6.56. The lowest BCUT2D eigenvalue weighted by molar-refractivity contribution is -0.139. The van der Waals surface area contributed by atoms with Gasteiger partial charge in [-0.25, -0.2) is 18.6 Å². The smallest absolute Gasteiger partial charge is 0.341 e. The number of rotatable bonds is 10. The second kappa shape index (κ2) is 11.0. The highest BCUT2D eigenvalue weighted by Crippen LogP contribution is 2.20. The molecule has 0 saturated heterocycles. The zero-order valence-electron chi connectivity index (χ0n) is 18.0. The summed E-state index contributed by atoms with van der Waals surface area (Å²) in [5, 5.41) is 12.6. The number of nitrogens with one attached hydrogen (secondary N) is 2. The van der Waals surface area contributed by atoms with Crippen LogP contribution in [0.4, 0.5) is 5.69 Å². The van der Waals surface area contributed by atoms with Crippen LogP contribution < -0.4 is 19.6 Å². The molecular formula is C23H21N3O7S. The molecule has 0 fully saturated rings. The topological polar surface area (TPSA) is 143 Å². The number of sulfonamides is 1. The highest BCUT2D eigenvalue weighted by molar-refractivity contribution is 7.92. The molecule has 0 unspecified atom stereocenters. The van der Waals surface area contributed by atoms with Crippen molar-refractivity contribution in [1.29, 1.82) is 0 Å². The van der Waals surface area contributed by atoms with E-state index in [9.17, 15) is 18.0 Å². The van der Waals surface area contributed by atoms with Gasteiger partial charge in [-0.3, -0.25) is 9.52 Å². The molecule has 0 spiro atoms. The molecule has 3 rings (SSSR count). The van der Waals surface area contributed by atoms with Crippen molar-refractivity contribution in [3.63, 3.8) is 0 Å². The molecule has 0 aliphatic carbocycles. The van der Waals surface area contributed by atoms with Crippen LogP contribution >= 0.6 is 0 Å². The Bertz CT molecular complexity index is 1310. The lowest BCUT2D eigenvalue weighted by atomic mass is 10.2. The summed E-state index contributed by atoms with van der Waals surface area (Å²) in [5.41, 5.74) is 3.17. The molecule has 176 valence electrons. The summed E-state index contributed by atoms with van der Waals surface area (Å²) >= 11 is 0. The molecular weight excluding hydrogens is 462 g/mol. The number of benzene rings is 3. The summed E-state index contributed by atoms with van der Waals surface area (Å²) in [6.45, 7) is -0.525. The summed E-state index contributed by atoms with van der Waals surface area (Å²) in [7, 11) is -2.44. The Morgan fingerprint density at radius 1 is 1.03 bits per heavy atom. The molecule has 0 saturated carbocycles. The van der Waals surface area contributed by atoms with Crippen molar-refractivity contribution in [2.24, 2.45) is 5.10 Å². The minimum absolute atomic E-state index is 0.0742. The number of amides is 1. The standard InChI is InChI=1S/C23H21N3O7S/c1-32-19-11-9-18(10-12-19)26-34(30,31)20-7-4-6-16(13-20)23(29)25-24-14-17-5-2-3-8-21(17)33-15-22(27)28/h2-14,26H,15H2,1H3,(H,25,29)(H,27,28). The Labute approximate surface area is 195 Å². The first-order valence-electron chi connectivity index (χ1n) is 9.82. The van der Waals surface area contributed by atoms with Gasteiger partial charge in [-0.1, -0.05) is 18.2 Å². The van der Waals surface area contributed by atoms with Crippen LogP contribution in [0.25, 0.3) is 0 Å². The first-order valence-corrected chi connectivity index (χ1v) is 11.3. The maximum absolute atomic E-state index is 12.7. The van der Waals surface area contributed by atoms with Gasteiger partial charge in [0.2, 0.25) is 0 Å². The van der Waals surface area contributed by atoms with Gasteiger partial charge in [0.05, 0.1) is 18.2 Å². The number of hydrogen-bond donors (Lipinski definition) is 3. The number of aliphatic carboxylic acids is 1. The molecule has 0 aliphatic heterocycles. The van der Waals surface area contributed by atoms with E-state index in [-0.39, 0.29) is 16.2 Å². The SMILES string of the molecule is COc1ccc(NS(=O)(=O)c2cccc(C(=O)NN=Cc3ccccc3OCC(=O)O)c2)cc1. The number of anilines is 1. The molecule has 0 atom stereocenters. The van der Waals surface area contributed by atoms with Crippen molar-refractivity contribution in [2.75, 3.05) is 18.4 Å². The highest BCUT2D eigenvalue weighted by atomic mass is 32.2. The molecule has 3 aromatic carbocycles. The molecule has 0 bridgehead atoms. The zero-order chi connectivity index (χ0) is 24.6. The van der Waals surface area contributed by atoms with Gasteiger partial charge in [0.15, 0.2) is 6.61 Å². The van der Waals surface area contributed by atoms with E-state index in [2.05, 4.69) is 15.2 Å². The van der Waals surface area contributed by atoms with Crippen LogP contribution in [0.3, 0.4) is 0 Å². The molecule has 3 N–H and O–H groups in total. The highest BCUT2D eigenvalue weighted by Gasteiger charge is 2.16. The fraction of sp³-hybridized carbons (Fsp3) is 0.0870. The number of carboxylic acids is 1. The minimum atomic E-state index is -3.95. The van der Waals surface area contributed by atoms with Crippen LogP contribution in [0.5, 0.6) is 11.5 Å². The van der Waals surface area contributed by atoms with E-state index in [0.29, 0.717) is 17.0 Å². The number of hydrogen-bond acceptors (Lipinski definition) is 7. The summed E-state index contributed by atoms with van der Waals surface area (Å²) < 4.78 is 38.1. The van der Waals surface area contributed by atoms with Crippen molar-refractivity contribution in [3.8, 4) is 11.5 Å². The fourth-order valence-electron chi connectivity index (χ4n) is 2.76. The zero-order valence-corrected chi connectivity index (χ0v) is 18.8. The van der Waals surface area contributed by atoms with Gasteiger partial charge in [0, 0.05) is 16.8 Å². The number of carbonyl (C=O) groups is 2. The van der Waals surface area contributed by atoms with Crippen molar-refractivity contribution >= 4 is 33.8 Å². The average Bonchev–Trinajstić information content (AvgIpc) is 2.83. The first-order chi connectivity index (χ1) is 16.3. The summed E-state index contributed by atoms with van der Waals surface area (Å²) in [5.74, 6) is -0.906. The van der Waals surface area contributed by atoms with Gasteiger partial charge in [-0.05, 0) is 54.6 Å². The van der Waals surface area contributed by atoms with Crippen LogP contribution in [0, 0.1) is 0 Å². The van der Waals surface area contributed by atoms with Crippen LogP contribution in [-0.4, -0.2) is 45.3 Å². The van der Waals surface area contributed by atoms with Gasteiger partial charge in [0.25, 0.3) is 15.9 Å². The van der Waals surface area contributed by atoms with E-state index in [4.69, 9.17) is 14.6 Å². The quantitative estimate of drug-likeness (QED) is 0.297. The monoisotopic (exact) mass is 483 g/mol. The lowest BCUT2D eigenvalue weighted by Gasteiger charge is -2.10. The Kier molecular flexibility index (Phi) is 7.83. The van der Waals surface area contributed by atoms with Crippen LogP contribution in [0.15, 0.2) is 82.8 Å². The van der Waals surface area contributed by atoms with E-state index in [1.165, 1.54) is 37.6 Å². The average molecular weight is 484 g/mol. The molecule has 10 nitrogen and oxygen atoms in total. The van der Waals surface area contributed by atoms with Crippen LogP contribution in [0.2, 0.25) is 0 Å². The number of nitrogens with zero attached hydrogens (tertiary/aromatic N) is 1. The van der Waals surface area contributed by atoms with Crippen molar-refractivity contribution in [2.45, 2.75) is 4.90 Å². The Hall–Kier alpha value is -4.38. The van der Waals surface area contributed by atoms with E-state index < -0.39 is 28.5 Å². The van der Waals surface area contributed by atoms with E-state index >= 15 is 0 Å². The second-order valence-electron chi connectivity index (χ2n) is 6.78. The van der Waals surface area contributed by atoms with Crippen LogP contribution in [0.1, 0.15) is 15.9 Å². The van der Waals surface area contributed by atoms with Gasteiger partial charge < -0.3 is 14.6 Å². The van der Waals surface area contributed by atoms with E-state index in [0.717, 1.165) is 0 Å². The lowest BCUT2D eigenvalue weighted by Crippen LogP contribution is -2.19. The van der Waals surface area contributed by atoms with Gasteiger partial charge in [0.1, 0.15) is 11.5 Å². The van der Waals surface area contributed by atoms with Gasteiger partial charge >= 0.3 is 5.97 Å². The van der Waals surface area contributed by atoms with Gasteiger partial charge in [-0.2, -0.15) is 5.10 Å². The molecule has 3 aromatic rings. The predicted molar refractivity (Wildman–Crippen MR) is 125 cm³/mol. The second-order valence-corrected chi connectivity index (χ2v) is 8.46. The maximum Gasteiger partial charge on any atom is 0.341 e. The maximum atomic E-state index is 12.7. The summed E-state index contributed by atoms with van der Waals surface area (Å²) in [6.07, 6.45) is 1.29. The summed E-state index contributed by atoms with van der Waals surface area (Å²) in [4.78, 5) is 23.1. The number of carbonyl (C=O) groups excluding carboxylic acids is 1. The Morgan fingerprint density at radius 2 is 1.76 bits per heavy atom. The predicted octanol–water partition coefficient (Wildman–Crippen LogP) is 2.72. The van der Waals surface area contributed by atoms with Crippen molar-refractivity contribution in [1.82, 2.24) is 5.43 Å². The number of para-hydroxylation sites is 1. The molecule has 1 amide bonds. The minimum Gasteiger partial charge on any atom is -0.497 e. The molecule has 0 aliphatic rings. The number of ether oxygens (including phenoxy) is 2. The molecule has 0 heterocycles. The largest absolute Gasteiger partial charge is 0.497 e. The first kappa shape index (κ1) is 24.3. The Balaban J connectivity index is 1.69. The fourth-order valence-corrected chi connectivity index (χ4v) is 3.86. The van der Waals surface area contributed by atoms with E-state index in [1.54, 1.807) is 48.5 Å². The molecule has 0 radical (unpaired) electrons. The number of methoxy groups -OCH3 is 1. The third-order valence-electron chi connectivity index (χ3n) is 4.39. The van der Waals surface area contributed by atoms with Crippen LogP contribution in [-0.2, 0) is 14.8 Å². The van der Waals surface area contributed by atoms with E-state index in [1.807, 2.05) is 0 Å². The molecule has 0 aromatic heterocycles. The molecule has 34 heavy (non-hydrogen) atoms. The summed E-state index contributed by atoms with van der Waals surface area (Å²) in [6, 6.07) is 18.4. The number of carboxylic acid groups (broad SMARTS) is 1. The third-order valence-corrected chi connectivity index (χ3v) is 5.77. The molecule has 11 heteroatoms. The Morgan fingerprint density at radius 3 is 2.47 bits per heavy atom. The van der Waals surface area contributed by atoms with Crippen molar-refractivity contribution < 1.29 is 32.6 Å². The van der Waals surface area contributed by atoms with Crippen molar-refractivity contribution in [3.05, 3.63) is 83.9 Å². The van der Waals surface area contributed by atoms with Gasteiger partial charge in [-0.15, -0.1) is 0 Å².